The molecule has 136 valence electrons. The van der Waals surface area contributed by atoms with E-state index >= 15 is 0 Å². The molecule has 0 bridgehead atoms. The lowest BCUT2D eigenvalue weighted by Gasteiger charge is -2.15. The van der Waals surface area contributed by atoms with E-state index in [0.717, 1.165) is 5.69 Å². The average Bonchev–Trinajstić information content (AvgIpc) is 3.39. The van der Waals surface area contributed by atoms with E-state index in [0.29, 0.717) is 48.9 Å². The highest BCUT2D eigenvalue weighted by atomic mass is 19.1. The molecule has 2 aliphatic heterocycles. The SMILES string of the molecule is O=C1c2cn(-c3cnc(N4CC[C@H](F)C4)nc3)nc2CN1c1cccnc1. The predicted octanol–water partition coefficient (Wildman–Crippen LogP) is 1.77. The Bertz CT molecular complexity index is 989. The van der Waals surface area contributed by atoms with Gasteiger partial charge in [0.1, 0.15) is 11.9 Å². The molecule has 1 amide bonds. The predicted molar refractivity (Wildman–Crippen MR) is 95.6 cm³/mol. The van der Waals surface area contributed by atoms with Crippen molar-refractivity contribution < 1.29 is 9.18 Å². The Kier molecular flexibility index (Phi) is 3.59. The highest BCUT2D eigenvalue weighted by molar-refractivity contribution is 6.09. The van der Waals surface area contributed by atoms with Gasteiger partial charge in [-0.15, -0.1) is 0 Å². The maximum absolute atomic E-state index is 13.3. The Labute approximate surface area is 154 Å². The van der Waals surface area contributed by atoms with Crippen molar-refractivity contribution in [2.75, 3.05) is 22.9 Å². The maximum Gasteiger partial charge on any atom is 0.262 e. The van der Waals surface area contributed by atoms with Crippen LogP contribution in [0.15, 0.2) is 43.1 Å². The molecule has 0 unspecified atom stereocenters. The lowest BCUT2D eigenvalue weighted by Crippen LogP contribution is -2.24. The molecular weight excluding hydrogens is 349 g/mol. The van der Waals surface area contributed by atoms with Crippen LogP contribution < -0.4 is 9.80 Å². The lowest BCUT2D eigenvalue weighted by molar-refractivity contribution is 0.0996. The van der Waals surface area contributed by atoms with E-state index in [1.807, 2.05) is 11.0 Å². The number of hydrogen-bond donors (Lipinski definition) is 0. The van der Waals surface area contributed by atoms with Crippen molar-refractivity contribution in [2.24, 2.45) is 0 Å². The zero-order chi connectivity index (χ0) is 18.4. The van der Waals surface area contributed by atoms with E-state index in [4.69, 9.17) is 0 Å². The Morgan fingerprint density at radius 2 is 2.00 bits per heavy atom. The molecule has 1 fully saturated rings. The van der Waals surface area contributed by atoms with Crippen molar-refractivity contribution in [3.63, 3.8) is 0 Å². The van der Waals surface area contributed by atoms with Crippen LogP contribution in [-0.4, -0.2) is 49.9 Å². The fourth-order valence-electron chi connectivity index (χ4n) is 3.42. The standard InChI is InChI=1S/C18H16FN7O/c19-12-3-5-24(9-12)18-21-7-14(8-22-18)26-10-15-16(23-26)11-25(17(15)27)13-2-1-4-20-6-13/h1-2,4,6-8,10,12H,3,5,9,11H2/t12-/m0/s1. The van der Waals surface area contributed by atoms with Crippen molar-refractivity contribution >= 4 is 17.5 Å². The van der Waals surface area contributed by atoms with Crippen LogP contribution in [0.4, 0.5) is 16.0 Å². The molecule has 2 aliphatic rings. The Morgan fingerprint density at radius 1 is 1.15 bits per heavy atom. The van der Waals surface area contributed by atoms with Gasteiger partial charge in [-0.05, 0) is 18.6 Å². The summed E-state index contributed by atoms with van der Waals surface area (Å²) < 4.78 is 14.9. The first-order valence-corrected chi connectivity index (χ1v) is 8.71. The molecule has 0 aromatic carbocycles. The summed E-state index contributed by atoms with van der Waals surface area (Å²) in [6.45, 7) is 1.35. The highest BCUT2D eigenvalue weighted by Gasteiger charge is 2.32. The van der Waals surface area contributed by atoms with E-state index < -0.39 is 6.17 Å². The van der Waals surface area contributed by atoms with Crippen LogP contribution in [0.1, 0.15) is 22.5 Å². The second-order valence-corrected chi connectivity index (χ2v) is 6.61. The quantitative estimate of drug-likeness (QED) is 0.704. The van der Waals surface area contributed by atoms with Crippen LogP contribution in [0.25, 0.3) is 5.69 Å². The largest absolute Gasteiger partial charge is 0.338 e. The number of fused-ring (bicyclic) bond motifs is 1. The first-order valence-electron chi connectivity index (χ1n) is 8.71. The van der Waals surface area contributed by atoms with Gasteiger partial charge in [0.15, 0.2) is 0 Å². The van der Waals surface area contributed by atoms with Gasteiger partial charge in [-0.2, -0.15) is 5.10 Å². The van der Waals surface area contributed by atoms with Crippen LogP contribution in [0.5, 0.6) is 0 Å². The minimum atomic E-state index is -0.823. The van der Waals surface area contributed by atoms with Crippen LogP contribution in [0, 0.1) is 0 Å². The van der Waals surface area contributed by atoms with Crippen molar-refractivity contribution in [2.45, 2.75) is 19.1 Å². The first kappa shape index (κ1) is 15.9. The summed E-state index contributed by atoms with van der Waals surface area (Å²) in [5.41, 5.74) is 2.66. The van der Waals surface area contributed by atoms with Gasteiger partial charge in [-0.3, -0.25) is 9.78 Å². The summed E-state index contributed by atoms with van der Waals surface area (Å²) in [6.07, 6.45) is 7.98. The molecule has 5 rings (SSSR count). The van der Waals surface area contributed by atoms with Crippen molar-refractivity contribution in [1.82, 2.24) is 24.7 Å². The molecule has 5 heterocycles. The lowest BCUT2D eigenvalue weighted by atomic mass is 10.3. The Hall–Kier alpha value is -3.36. The number of carbonyl (C=O) groups is 1. The number of hydrogen-bond acceptors (Lipinski definition) is 6. The number of rotatable bonds is 3. The third kappa shape index (κ3) is 2.71. The molecule has 0 N–H and O–H groups in total. The van der Waals surface area contributed by atoms with Crippen LogP contribution in [0.3, 0.4) is 0 Å². The summed E-state index contributed by atoms with van der Waals surface area (Å²) in [6, 6.07) is 3.64. The van der Waals surface area contributed by atoms with Gasteiger partial charge in [0.05, 0.1) is 48.6 Å². The Balaban J connectivity index is 1.37. The monoisotopic (exact) mass is 365 g/mol. The molecule has 27 heavy (non-hydrogen) atoms. The van der Waals surface area contributed by atoms with Gasteiger partial charge >= 0.3 is 0 Å². The number of anilines is 2. The van der Waals surface area contributed by atoms with Crippen LogP contribution in [0.2, 0.25) is 0 Å². The fraction of sp³-hybridized carbons (Fsp3) is 0.278. The summed E-state index contributed by atoms with van der Waals surface area (Å²) >= 11 is 0. The molecular formula is C18H16FN7O. The van der Waals surface area contributed by atoms with E-state index in [-0.39, 0.29) is 5.91 Å². The molecule has 0 radical (unpaired) electrons. The Morgan fingerprint density at radius 3 is 2.67 bits per heavy atom. The molecule has 8 nitrogen and oxygen atoms in total. The molecule has 9 heteroatoms. The summed E-state index contributed by atoms with van der Waals surface area (Å²) in [7, 11) is 0. The van der Waals surface area contributed by atoms with Gasteiger partial charge in [0.2, 0.25) is 5.95 Å². The summed E-state index contributed by atoms with van der Waals surface area (Å²) in [5, 5.41) is 4.51. The van der Waals surface area contributed by atoms with E-state index in [9.17, 15) is 9.18 Å². The average molecular weight is 365 g/mol. The molecule has 0 spiro atoms. The highest BCUT2D eigenvalue weighted by Crippen LogP contribution is 2.27. The van der Waals surface area contributed by atoms with E-state index in [1.54, 1.807) is 46.6 Å². The number of nitrogens with zero attached hydrogens (tertiary/aromatic N) is 7. The molecule has 0 saturated carbocycles. The van der Waals surface area contributed by atoms with Gasteiger partial charge in [0, 0.05) is 18.9 Å². The zero-order valence-electron chi connectivity index (χ0n) is 14.4. The van der Waals surface area contributed by atoms with E-state index in [1.165, 1.54) is 0 Å². The zero-order valence-corrected chi connectivity index (χ0v) is 14.4. The molecule has 0 aliphatic carbocycles. The summed E-state index contributed by atoms with van der Waals surface area (Å²) in [5.74, 6) is 0.408. The maximum atomic E-state index is 13.3. The number of halogens is 1. The number of amides is 1. The van der Waals surface area contributed by atoms with E-state index in [2.05, 4.69) is 20.1 Å². The van der Waals surface area contributed by atoms with Gasteiger partial charge in [-0.25, -0.2) is 19.0 Å². The molecule has 3 aromatic rings. The van der Waals surface area contributed by atoms with Crippen molar-refractivity contribution in [3.05, 3.63) is 54.4 Å². The van der Waals surface area contributed by atoms with Crippen molar-refractivity contribution in [3.8, 4) is 5.69 Å². The number of carbonyl (C=O) groups excluding carboxylic acids is 1. The fourth-order valence-corrected chi connectivity index (χ4v) is 3.42. The second kappa shape index (κ2) is 6.11. The number of pyridine rings is 1. The molecule has 1 atom stereocenters. The van der Waals surface area contributed by atoms with Crippen LogP contribution in [-0.2, 0) is 6.54 Å². The minimum absolute atomic E-state index is 0.104. The molecule has 3 aromatic heterocycles. The van der Waals surface area contributed by atoms with Gasteiger partial charge in [0.25, 0.3) is 5.91 Å². The normalized spacial score (nSPS) is 19.0. The third-order valence-corrected chi connectivity index (χ3v) is 4.83. The topological polar surface area (TPSA) is 80.0 Å². The minimum Gasteiger partial charge on any atom is -0.338 e. The second-order valence-electron chi connectivity index (χ2n) is 6.61. The summed E-state index contributed by atoms with van der Waals surface area (Å²) in [4.78, 5) is 28.8. The van der Waals surface area contributed by atoms with Gasteiger partial charge in [-0.1, -0.05) is 0 Å². The van der Waals surface area contributed by atoms with Crippen molar-refractivity contribution in [1.29, 1.82) is 0 Å². The third-order valence-electron chi connectivity index (χ3n) is 4.83. The first-order chi connectivity index (χ1) is 13.2. The van der Waals surface area contributed by atoms with Gasteiger partial charge < -0.3 is 9.80 Å². The molecule has 1 saturated heterocycles. The van der Waals surface area contributed by atoms with Crippen LogP contribution >= 0.6 is 0 Å². The smallest absolute Gasteiger partial charge is 0.262 e. The number of alkyl halides is 1. The number of aromatic nitrogens is 5.